The summed E-state index contributed by atoms with van der Waals surface area (Å²) >= 11 is 0. The van der Waals surface area contributed by atoms with Gasteiger partial charge in [0.25, 0.3) is 0 Å². The fourth-order valence-electron chi connectivity index (χ4n) is 4.41. The van der Waals surface area contributed by atoms with Crippen LogP contribution in [0.2, 0.25) is 0 Å². The minimum Gasteiger partial charge on any atom is -0.487 e. The number of para-hydroxylation sites is 1. The molecule has 6 nitrogen and oxygen atoms in total. The average molecular weight is 382 g/mol. The number of benzene rings is 1. The normalized spacial score (nSPS) is 20.6. The van der Waals surface area contributed by atoms with Crippen LogP contribution in [-0.2, 0) is 6.54 Å². The largest absolute Gasteiger partial charge is 0.487 e. The van der Waals surface area contributed by atoms with Crippen molar-refractivity contribution in [3.8, 4) is 5.75 Å². The Kier molecular flexibility index (Phi) is 5.84. The fraction of sp³-hybridized carbons (Fsp3) is 0.545. The van der Waals surface area contributed by atoms with Gasteiger partial charge in [-0.3, -0.25) is 9.67 Å². The first-order valence-electron chi connectivity index (χ1n) is 10.6. The standard InChI is InChI=1S/C22H31N5O/c1-2-23-21(24-13-7-15-27-16-8-14-25-27)26-19-17-22(11-5-6-12-22)28-20-10-4-3-9-18(19)20/h3-4,8-10,14,16,19H,2,5-7,11-13,15,17H2,1H3,(H2,23,24,26). The highest BCUT2D eigenvalue weighted by Gasteiger charge is 2.43. The number of nitrogens with one attached hydrogen (secondary N) is 2. The van der Waals surface area contributed by atoms with Gasteiger partial charge in [0.15, 0.2) is 5.96 Å². The van der Waals surface area contributed by atoms with Crippen molar-refractivity contribution in [2.75, 3.05) is 13.1 Å². The second-order valence-electron chi connectivity index (χ2n) is 7.81. The summed E-state index contributed by atoms with van der Waals surface area (Å²) < 4.78 is 8.43. The second-order valence-corrected chi connectivity index (χ2v) is 7.81. The molecule has 1 spiro atoms. The zero-order valence-electron chi connectivity index (χ0n) is 16.7. The van der Waals surface area contributed by atoms with Crippen LogP contribution in [0.4, 0.5) is 0 Å². The third-order valence-electron chi connectivity index (χ3n) is 5.74. The predicted octanol–water partition coefficient (Wildman–Crippen LogP) is 3.66. The Balaban J connectivity index is 1.45. The SMILES string of the molecule is CCNC(=NCCCn1cccn1)NC1CC2(CCCC2)Oc2ccccc21. The Bertz CT molecular complexity index is 780. The number of rotatable bonds is 6. The molecule has 1 aromatic carbocycles. The molecule has 0 saturated heterocycles. The van der Waals surface area contributed by atoms with Gasteiger partial charge in [0.1, 0.15) is 11.4 Å². The van der Waals surface area contributed by atoms with Gasteiger partial charge in [-0.05, 0) is 51.2 Å². The van der Waals surface area contributed by atoms with E-state index in [1.807, 2.05) is 23.1 Å². The first-order valence-corrected chi connectivity index (χ1v) is 10.6. The highest BCUT2D eigenvalue weighted by Crippen LogP contribution is 2.46. The molecule has 0 amide bonds. The second kappa shape index (κ2) is 8.67. The number of aromatic nitrogens is 2. The van der Waals surface area contributed by atoms with E-state index in [4.69, 9.17) is 9.73 Å². The Morgan fingerprint density at radius 1 is 1.29 bits per heavy atom. The first-order chi connectivity index (χ1) is 13.8. The smallest absolute Gasteiger partial charge is 0.191 e. The number of fused-ring (bicyclic) bond motifs is 1. The van der Waals surface area contributed by atoms with E-state index in [2.05, 4.69) is 46.9 Å². The summed E-state index contributed by atoms with van der Waals surface area (Å²) in [5.74, 6) is 1.92. The maximum absolute atomic E-state index is 6.48. The molecule has 1 aliphatic heterocycles. The molecule has 1 atom stereocenters. The number of aliphatic imine (C=N–C) groups is 1. The lowest BCUT2D eigenvalue weighted by Crippen LogP contribution is -2.46. The van der Waals surface area contributed by atoms with Crippen molar-refractivity contribution < 1.29 is 4.74 Å². The summed E-state index contributed by atoms with van der Waals surface area (Å²) in [6, 6.07) is 10.6. The Labute approximate surface area is 167 Å². The first kappa shape index (κ1) is 18.8. The molecule has 1 unspecified atom stereocenters. The zero-order chi connectivity index (χ0) is 19.2. The molecule has 150 valence electrons. The minimum atomic E-state index is -0.0105. The van der Waals surface area contributed by atoms with Gasteiger partial charge in [0, 0.05) is 44.0 Å². The molecule has 0 radical (unpaired) electrons. The van der Waals surface area contributed by atoms with Crippen molar-refractivity contribution in [3.63, 3.8) is 0 Å². The van der Waals surface area contributed by atoms with E-state index in [0.29, 0.717) is 0 Å². The van der Waals surface area contributed by atoms with Gasteiger partial charge in [-0.2, -0.15) is 5.10 Å². The van der Waals surface area contributed by atoms with Gasteiger partial charge in [-0.15, -0.1) is 0 Å². The average Bonchev–Trinajstić information content (AvgIpc) is 3.38. The van der Waals surface area contributed by atoms with Gasteiger partial charge in [-0.25, -0.2) is 0 Å². The van der Waals surface area contributed by atoms with Crippen molar-refractivity contribution in [1.82, 2.24) is 20.4 Å². The Morgan fingerprint density at radius 2 is 2.14 bits per heavy atom. The monoisotopic (exact) mass is 381 g/mol. The van der Waals surface area contributed by atoms with E-state index in [1.165, 1.54) is 18.4 Å². The molecule has 2 aromatic rings. The number of hydrogen-bond acceptors (Lipinski definition) is 3. The molecular formula is C22H31N5O. The predicted molar refractivity (Wildman–Crippen MR) is 112 cm³/mol. The highest BCUT2D eigenvalue weighted by atomic mass is 16.5. The van der Waals surface area contributed by atoms with Crippen molar-refractivity contribution >= 4 is 5.96 Å². The third kappa shape index (κ3) is 4.32. The minimum absolute atomic E-state index is 0.0105. The molecule has 1 aliphatic carbocycles. The van der Waals surface area contributed by atoms with Crippen molar-refractivity contribution in [3.05, 3.63) is 48.3 Å². The summed E-state index contributed by atoms with van der Waals surface area (Å²) in [4.78, 5) is 4.81. The van der Waals surface area contributed by atoms with Crippen molar-refractivity contribution in [2.45, 2.75) is 63.6 Å². The summed E-state index contributed by atoms with van der Waals surface area (Å²) in [7, 11) is 0. The van der Waals surface area contributed by atoms with Crippen LogP contribution in [-0.4, -0.2) is 34.4 Å². The fourth-order valence-corrected chi connectivity index (χ4v) is 4.41. The lowest BCUT2D eigenvalue weighted by Gasteiger charge is -2.40. The van der Waals surface area contributed by atoms with E-state index in [0.717, 1.165) is 57.0 Å². The topological polar surface area (TPSA) is 63.5 Å². The van der Waals surface area contributed by atoms with E-state index in [9.17, 15) is 0 Å². The molecule has 1 fully saturated rings. The zero-order valence-corrected chi connectivity index (χ0v) is 16.7. The maximum Gasteiger partial charge on any atom is 0.191 e. The summed E-state index contributed by atoms with van der Waals surface area (Å²) in [6.07, 6.45) is 10.6. The van der Waals surface area contributed by atoms with Gasteiger partial charge >= 0.3 is 0 Å². The molecule has 4 rings (SSSR count). The van der Waals surface area contributed by atoms with Crippen LogP contribution in [0.5, 0.6) is 5.75 Å². The molecule has 2 aliphatic rings. The molecule has 1 saturated carbocycles. The summed E-state index contributed by atoms with van der Waals surface area (Å²) in [6.45, 7) is 4.61. The van der Waals surface area contributed by atoms with Crippen LogP contribution in [0, 0.1) is 0 Å². The quantitative estimate of drug-likeness (QED) is 0.455. The Hall–Kier alpha value is -2.50. The number of ether oxygens (including phenoxy) is 1. The van der Waals surface area contributed by atoms with E-state index >= 15 is 0 Å². The summed E-state index contributed by atoms with van der Waals surface area (Å²) in [5.41, 5.74) is 1.23. The van der Waals surface area contributed by atoms with Gasteiger partial charge < -0.3 is 15.4 Å². The van der Waals surface area contributed by atoms with Crippen molar-refractivity contribution in [1.29, 1.82) is 0 Å². The number of nitrogens with zero attached hydrogens (tertiary/aromatic N) is 3. The highest BCUT2D eigenvalue weighted by molar-refractivity contribution is 5.80. The molecule has 0 bridgehead atoms. The van der Waals surface area contributed by atoms with Crippen molar-refractivity contribution in [2.24, 2.45) is 4.99 Å². The lowest BCUT2D eigenvalue weighted by atomic mass is 9.86. The maximum atomic E-state index is 6.48. The molecule has 2 N–H and O–H groups in total. The molecule has 2 heterocycles. The third-order valence-corrected chi connectivity index (χ3v) is 5.74. The Morgan fingerprint density at radius 3 is 2.93 bits per heavy atom. The molecular weight excluding hydrogens is 350 g/mol. The molecule has 6 heteroatoms. The van der Waals surface area contributed by atoms with Crippen LogP contribution >= 0.6 is 0 Å². The van der Waals surface area contributed by atoms with Crippen LogP contribution in [0.15, 0.2) is 47.7 Å². The van der Waals surface area contributed by atoms with Gasteiger partial charge in [0.05, 0.1) is 6.04 Å². The molecule has 1 aromatic heterocycles. The van der Waals surface area contributed by atoms with Gasteiger partial charge in [-0.1, -0.05) is 18.2 Å². The van der Waals surface area contributed by atoms with E-state index in [-0.39, 0.29) is 11.6 Å². The van der Waals surface area contributed by atoms with E-state index < -0.39 is 0 Å². The van der Waals surface area contributed by atoms with Gasteiger partial charge in [0.2, 0.25) is 0 Å². The summed E-state index contributed by atoms with van der Waals surface area (Å²) in [5, 5.41) is 11.4. The number of aryl methyl sites for hydroxylation is 1. The number of guanidine groups is 1. The van der Waals surface area contributed by atoms with Crippen LogP contribution in [0.3, 0.4) is 0 Å². The van der Waals surface area contributed by atoms with Crippen LogP contribution < -0.4 is 15.4 Å². The number of hydrogen-bond donors (Lipinski definition) is 2. The van der Waals surface area contributed by atoms with E-state index in [1.54, 1.807) is 0 Å². The van der Waals surface area contributed by atoms with Crippen LogP contribution in [0.1, 0.15) is 57.1 Å². The molecule has 28 heavy (non-hydrogen) atoms. The van der Waals surface area contributed by atoms with Crippen LogP contribution in [0.25, 0.3) is 0 Å². The lowest BCUT2D eigenvalue weighted by molar-refractivity contribution is 0.0396.